The molecule has 4 heterocycles. The number of anilines is 1. The minimum Gasteiger partial charge on any atom is -0.361 e. The van der Waals surface area contributed by atoms with E-state index < -0.39 is 0 Å². The molecule has 0 saturated heterocycles. The van der Waals surface area contributed by atoms with E-state index in [1.54, 1.807) is 17.9 Å². The standard InChI is InChI=1S/C20H17N5O4S/c1-11-8-15(24-28-11)19(27)22-20-21-13-6-7-25(10-17(13)30-20)18(26)9-14-12-4-2-3-5-16(12)29-23-14/h2-5,8H,6-7,9-10H2,1H3,(H,21,22,27). The predicted octanol–water partition coefficient (Wildman–Crippen LogP) is 2.96. The fourth-order valence-corrected chi connectivity index (χ4v) is 4.44. The van der Waals surface area contributed by atoms with E-state index in [9.17, 15) is 9.59 Å². The van der Waals surface area contributed by atoms with Gasteiger partial charge in [-0.1, -0.05) is 33.8 Å². The molecule has 5 rings (SSSR count). The number of hydrogen-bond donors (Lipinski definition) is 1. The second-order valence-corrected chi connectivity index (χ2v) is 8.12. The van der Waals surface area contributed by atoms with Crippen LogP contribution in [0, 0.1) is 6.92 Å². The molecule has 1 aliphatic heterocycles. The van der Waals surface area contributed by atoms with Crippen LogP contribution in [0.4, 0.5) is 5.13 Å². The van der Waals surface area contributed by atoms with Gasteiger partial charge in [0.25, 0.3) is 5.91 Å². The quantitative estimate of drug-likeness (QED) is 0.537. The van der Waals surface area contributed by atoms with Crippen LogP contribution >= 0.6 is 11.3 Å². The number of carbonyl (C=O) groups excluding carboxylic acids is 2. The number of fused-ring (bicyclic) bond motifs is 2. The normalized spacial score (nSPS) is 13.4. The largest absolute Gasteiger partial charge is 0.361 e. The number of thiazole rings is 1. The first-order chi connectivity index (χ1) is 14.6. The Labute approximate surface area is 174 Å². The zero-order valence-corrected chi connectivity index (χ0v) is 16.9. The van der Waals surface area contributed by atoms with E-state index in [0.29, 0.717) is 41.7 Å². The molecule has 10 heteroatoms. The first-order valence-corrected chi connectivity index (χ1v) is 10.2. The molecule has 1 N–H and O–H groups in total. The Morgan fingerprint density at radius 3 is 2.93 bits per heavy atom. The molecule has 0 unspecified atom stereocenters. The summed E-state index contributed by atoms with van der Waals surface area (Å²) in [6, 6.07) is 9.06. The van der Waals surface area contributed by atoms with Crippen LogP contribution in [0.15, 0.2) is 39.4 Å². The number of hydrogen-bond acceptors (Lipinski definition) is 8. The van der Waals surface area contributed by atoms with Crippen LogP contribution in [0.2, 0.25) is 0 Å². The number of para-hydroxylation sites is 1. The molecule has 4 aromatic rings. The summed E-state index contributed by atoms with van der Waals surface area (Å²) in [4.78, 5) is 32.3. The van der Waals surface area contributed by atoms with Crippen molar-refractivity contribution in [3.8, 4) is 0 Å². The van der Waals surface area contributed by atoms with Crippen molar-refractivity contribution in [1.82, 2.24) is 20.2 Å². The van der Waals surface area contributed by atoms with Crippen molar-refractivity contribution in [2.75, 3.05) is 11.9 Å². The lowest BCUT2D eigenvalue weighted by atomic mass is 10.1. The number of nitrogens with one attached hydrogen (secondary N) is 1. The second kappa shape index (κ2) is 7.38. The first kappa shape index (κ1) is 18.5. The van der Waals surface area contributed by atoms with E-state index in [2.05, 4.69) is 20.6 Å². The lowest BCUT2D eigenvalue weighted by Gasteiger charge is -2.25. The van der Waals surface area contributed by atoms with Crippen molar-refractivity contribution in [3.63, 3.8) is 0 Å². The number of nitrogens with zero attached hydrogens (tertiary/aromatic N) is 4. The highest BCUT2D eigenvalue weighted by Gasteiger charge is 2.26. The molecule has 0 spiro atoms. The highest BCUT2D eigenvalue weighted by Crippen LogP contribution is 2.29. The van der Waals surface area contributed by atoms with Gasteiger partial charge in [-0.3, -0.25) is 14.9 Å². The summed E-state index contributed by atoms with van der Waals surface area (Å²) in [5.41, 5.74) is 2.42. The van der Waals surface area contributed by atoms with Gasteiger partial charge in [-0.2, -0.15) is 0 Å². The summed E-state index contributed by atoms with van der Waals surface area (Å²) in [6.07, 6.45) is 0.816. The molecule has 0 atom stereocenters. The fourth-order valence-electron chi connectivity index (χ4n) is 3.42. The molecule has 3 aromatic heterocycles. The summed E-state index contributed by atoms with van der Waals surface area (Å²) in [5, 5.41) is 11.9. The van der Waals surface area contributed by atoms with Crippen LogP contribution in [0.3, 0.4) is 0 Å². The molecule has 30 heavy (non-hydrogen) atoms. The summed E-state index contributed by atoms with van der Waals surface area (Å²) in [7, 11) is 0. The molecule has 0 radical (unpaired) electrons. The SMILES string of the molecule is Cc1cc(C(=O)Nc2nc3c(s2)CN(C(=O)Cc2noc4ccccc24)CC3)no1. The zero-order valence-electron chi connectivity index (χ0n) is 16.0. The molecular weight excluding hydrogens is 406 g/mol. The lowest BCUT2D eigenvalue weighted by Crippen LogP contribution is -2.36. The van der Waals surface area contributed by atoms with Crippen LogP contribution in [0.25, 0.3) is 11.0 Å². The molecule has 1 aliphatic rings. The van der Waals surface area contributed by atoms with Crippen molar-refractivity contribution in [1.29, 1.82) is 0 Å². The summed E-state index contributed by atoms with van der Waals surface area (Å²) in [5.74, 6) is 0.174. The van der Waals surface area contributed by atoms with Gasteiger partial charge in [-0.15, -0.1) is 0 Å². The van der Waals surface area contributed by atoms with E-state index in [0.717, 1.165) is 16.0 Å². The van der Waals surface area contributed by atoms with Crippen molar-refractivity contribution in [3.05, 3.63) is 58.1 Å². The zero-order chi connectivity index (χ0) is 20.7. The first-order valence-electron chi connectivity index (χ1n) is 9.41. The number of aryl methyl sites for hydroxylation is 1. The van der Waals surface area contributed by atoms with Gasteiger partial charge in [-0.05, 0) is 19.1 Å². The van der Waals surface area contributed by atoms with Crippen LogP contribution < -0.4 is 5.32 Å². The third-order valence-electron chi connectivity index (χ3n) is 4.94. The number of benzene rings is 1. The summed E-state index contributed by atoms with van der Waals surface area (Å²) in [6.45, 7) is 2.75. The van der Waals surface area contributed by atoms with Gasteiger partial charge in [0.05, 0.1) is 18.7 Å². The van der Waals surface area contributed by atoms with Gasteiger partial charge in [0.1, 0.15) is 11.5 Å². The summed E-state index contributed by atoms with van der Waals surface area (Å²) >= 11 is 1.37. The van der Waals surface area contributed by atoms with E-state index in [1.807, 2.05) is 24.3 Å². The molecule has 0 fully saturated rings. The molecule has 2 amide bonds. The number of amides is 2. The monoisotopic (exact) mass is 423 g/mol. The van der Waals surface area contributed by atoms with Crippen molar-refractivity contribution < 1.29 is 18.6 Å². The van der Waals surface area contributed by atoms with Crippen LogP contribution in [0.5, 0.6) is 0 Å². The fraction of sp³-hybridized carbons (Fsp3) is 0.250. The molecule has 0 saturated carbocycles. The molecular formula is C20H17N5O4S. The van der Waals surface area contributed by atoms with E-state index in [-0.39, 0.29) is 23.9 Å². The number of rotatable bonds is 4. The minimum atomic E-state index is -0.371. The smallest absolute Gasteiger partial charge is 0.279 e. The minimum absolute atomic E-state index is 0.0169. The Hall–Kier alpha value is -3.53. The third kappa shape index (κ3) is 3.45. The maximum Gasteiger partial charge on any atom is 0.279 e. The van der Waals surface area contributed by atoms with Crippen LogP contribution in [0.1, 0.15) is 32.5 Å². The van der Waals surface area contributed by atoms with Gasteiger partial charge in [0.2, 0.25) is 5.91 Å². The molecule has 152 valence electrons. The Balaban J connectivity index is 1.27. The predicted molar refractivity (Wildman–Crippen MR) is 108 cm³/mol. The van der Waals surface area contributed by atoms with Crippen LogP contribution in [-0.2, 0) is 24.2 Å². The lowest BCUT2D eigenvalue weighted by molar-refractivity contribution is -0.131. The van der Waals surface area contributed by atoms with Crippen molar-refractivity contribution in [2.45, 2.75) is 26.3 Å². The average Bonchev–Trinajstić information content (AvgIpc) is 3.45. The second-order valence-electron chi connectivity index (χ2n) is 7.03. The molecule has 1 aromatic carbocycles. The highest BCUT2D eigenvalue weighted by molar-refractivity contribution is 7.15. The Morgan fingerprint density at radius 1 is 1.23 bits per heavy atom. The Kier molecular flexibility index (Phi) is 4.55. The van der Waals surface area contributed by atoms with Crippen LogP contribution in [-0.4, -0.2) is 38.6 Å². The van der Waals surface area contributed by atoms with E-state index in [4.69, 9.17) is 9.05 Å². The molecule has 0 aliphatic carbocycles. The Morgan fingerprint density at radius 2 is 2.10 bits per heavy atom. The summed E-state index contributed by atoms with van der Waals surface area (Å²) < 4.78 is 10.2. The maximum atomic E-state index is 12.8. The van der Waals surface area contributed by atoms with Crippen molar-refractivity contribution >= 4 is 39.3 Å². The maximum absolute atomic E-state index is 12.8. The highest BCUT2D eigenvalue weighted by atomic mass is 32.1. The number of aromatic nitrogens is 3. The van der Waals surface area contributed by atoms with Gasteiger partial charge >= 0.3 is 0 Å². The van der Waals surface area contributed by atoms with Gasteiger partial charge < -0.3 is 13.9 Å². The third-order valence-corrected chi connectivity index (χ3v) is 5.93. The number of carbonyl (C=O) groups is 2. The molecule has 9 nitrogen and oxygen atoms in total. The average molecular weight is 423 g/mol. The van der Waals surface area contributed by atoms with E-state index >= 15 is 0 Å². The van der Waals surface area contributed by atoms with Gasteiger partial charge in [0, 0.05) is 29.3 Å². The molecule has 0 bridgehead atoms. The van der Waals surface area contributed by atoms with Crippen molar-refractivity contribution in [2.24, 2.45) is 0 Å². The Bertz CT molecular complexity index is 1260. The van der Waals surface area contributed by atoms with E-state index in [1.165, 1.54) is 11.3 Å². The van der Waals surface area contributed by atoms with Gasteiger partial charge in [-0.25, -0.2) is 4.98 Å². The topological polar surface area (TPSA) is 114 Å². The van der Waals surface area contributed by atoms with Gasteiger partial charge in [0.15, 0.2) is 16.4 Å².